The van der Waals surface area contributed by atoms with E-state index < -0.39 is 16.1 Å². The van der Waals surface area contributed by atoms with Crippen LogP contribution in [0.2, 0.25) is 0 Å². The third kappa shape index (κ3) is 4.56. The van der Waals surface area contributed by atoms with Crippen LogP contribution in [0.5, 0.6) is 5.75 Å². The lowest BCUT2D eigenvalue weighted by Gasteiger charge is -2.34. The van der Waals surface area contributed by atoms with Crippen LogP contribution in [0, 0.1) is 13.8 Å². The number of hydrogen-bond donors (Lipinski definition) is 1. The monoisotopic (exact) mass is 436 g/mol. The third-order valence-corrected chi connectivity index (χ3v) is 6.92. The summed E-state index contributed by atoms with van der Waals surface area (Å²) in [7, 11) is -3.73. The van der Waals surface area contributed by atoms with Crippen LogP contribution in [0.3, 0.4) is 0 Å². The van der Waals surface area contributed by atoms with Crippen LogP contribution in [0.4, 0.5) is 11.4 Å². The first-order chi connectivity index (χ1) is 14.8. The number of fused-ring (bicyclic) bond motifs is 1. The van der Waals surface area contributed by atoms with Gasteiger partial charge >= 0.3 is 0 Å². The topological polar surface area (TPSA) is 75.7 Å². The van der Waals surface area contributed by atoms with Gasteiger partial charge in [-0.25, -0.2) is 8.42 Å². The number of nitrogens with one attached hydrogen (secondary N) is 1. The van der Waals surface area contributed by atoms with Gasteiger partial charge in [0.25, 0.3) is 5.91 Å². The molecule has 1 N–H and O–H groups in total. The number of ether oxygens (including phenoxy) is 1. The molecule has 31 heavy (non-hydrogen) atoms. The smallest absolute Gasteiger partial charge is 0.267 e. The zero-order chi connectivity index (χ0) is 22.0. The summed E-state index contributed by atoms with van der Waals surface area (Å²) in [6, 6.07) is 21.7. The molecule has 1 atom stereocenters. The number of amides is 1. The Morgan fingerprint density at radius 3 is 2.52 bits per heavy atom. The Labute approximate surface area is 182 Å². The molecule has 0 bridgehead atoms. The van der Waals surface area contributed by atoms with E-state index >= 15 is 0 Å². The third-order valence-electron chi connectivity index (χ3n) is 5.21. The standard InChI is InChI=1S/C24H24N2O4S/c1-17-12-13-18(2)20(14-17)25-24(27)23-15-26(21-10-6-7-11-22(21)30-23)31(28,29)16-19-8-4-3-5-9-19/h3-14,23H,15-16H2,1-2H3,(H,25,27)/t23-/m1/s1. The number of carbonyl (C=O) groups is 1. The fraction of sp³-hybridized carbons (Fsp3) is 0.208. The van der Waals surface area contributed by atoms with Crippen molar-refractivity contribution in [2.24, 2.45) is 0 Å². The lowest BCUT2D eigenvalue weighted by Crippen LogP contribution is -2.49. The highest BCUT2D eigenvalue weighted by Crippen LogP contribution is 2.36. The van der Waals surface area contributed by atoms with E-state index in [1.54, 1.807) is 48.5 Å². The van der Waals surface area contributed by atoms with Gasteiger partial charge in [0.2, 0.25) is 10.0 Å². The van der Waals surface area contributed by atoms with Gasteiger partial charge in [0.15, 0.2) is 6.10 Å². The highest BCUT2D eigenvalue weighted by Gasteiger charge is 2.36. The van der Waals surface area contributed by atoms with E-state index in [-0.39, 0.29) is 18.2 Å². The van der Waals surface area contributed by atoms with Crippen LogP contribution in [0.25, 0.3) is 0 Å². The van der Waals surface area contributed by atoms with Crippen LogP contribution in [0.15, 0.2) is 72.8 Å². The fourth-order valence-corrected chi connectivity index (χ4v) is 5.13. The summed E-state index contributed by atoms with van der Waals surface area (Å²) in [6.07, 6.45) is -0.972. The summed E-state index contributed by atoms with van der Waals surface area (Å²) in [5.74, 6) is -0.178. The zero-order valence-electron chi connectivity index (χ0n) is 17.4. The van der Waals surface area contributed by atoms with Crippen molar-refractivity contribution in [2.45, 2.75) is 25.7 Å². The lowest BCUT2D eigenvalue weighted by molar-refractivity contribution is -0.122. The van der Waals surface area contributed by atoms with Gasteiger partial charge in [0, 0.05) is 5.69 Å². The molecule has 0 unspecified atom stereocenters. The van der Waals surface area contributed by atoms with Crippen LogP contribution >= 0.6 is 0 Å². The highest BCUT2D eigenvalue weighted by molar-refractivity contribution is 7.92. The SMILES string of the molecule is Cc1ccc(C)c(NC(=O)[C@H]2CN(S(=O)(=O)Cc3ccccc3)c3ccccc3O2)c1. The second kappa shape index (κ2) is 8.43. The number of sulfonamides is 1. The van der Waals surface area contributed by atoms with Gasteiger partial charge < -0.3 is 10.1 Å². The van der Waals surface area contributed by atoms with Gasteiger partial charge in [-0.15, -0.1) is 0 Å². The minimum Gasteiger partial charge on any atom is -0.476 e. The highest BCUT2D eigenvalue weighted by atomic mass is 32.2. The van der Waals surface area contributed by atoms with E-state index in [0.717, 1.165) is 11.1 Å². The van der Waals surface area contributed by atoms with Crippen molar-refractivity contribution in [3.63, 3.8) is 0 Å². The largest absolute Gasteiger partial charge is 0.476 e. The number of benzene rings is 3. The van der Waals surface area contributed by atoms with Gasteiger partial charge in [-0.3, -0.25) is 9.10 Å². The van der Waals surface area contributed by atoms with Gasteiger partial charge in [0.1, 0.15) is 5.75 Å². The lowest BCUT2D eigenvalue weighted by atomic mass is 10.1. The molecule has 6 nitrogen and oxygen atoms in total. The molecule has 0 saturated carbocycles. The van der Waals surface area contributed by atoms with Gasteiger partial charge in [-0.05, 0) is 48.7 Å². The molecule has 3 aromatic rings. The molecule has 0 aliphatic carbocycles. The molecule has 0 radical (unpaired) electrons. The molecule has 0 fully saturated rings. The van der Waals surface area contributed by atoms with Crippen LogP contribution < -0.4 is 14.4 Å². The Morgan fingerprint density at radius 2 is 1.74 bits per heavy atom. The molecule has 3 aromatic carbocycles. The number of carbonyl (C=O) groups excluding carboxylic acids is 1. The predicted molar refractivity (Wildman–Crippen MR) is 122 cm³/mol. The van der Waals surface area contributed by atoms with E-state index in [1.807, 2.05) is 38.1 Å². The molecule has 0 saturated heterocycles. The van der Waals surface area contributed by atoms with Crippen molar-refractivity contribution in [3.8, 4) is 5.75 Å². The molecular weight excluding hydrogens is 412 g/mol. The summed E-state index contributed by atoms with van der Waals surface area (Å²) in [4.78, 5) is 13.0. The molecule has 0 aromatic heterocycles. The van der Waals surface area contributed by atoms with Gasteiger partial charge in [0.05, 0.1) is 18.0 Å². The quantitative estimate of drug-likeness (QED) is 0.655. The number of para-hydroxylation sites is 2. The van der Waals surface area contributed by atoms with E-state index in [9.17, 15) is 13.2 Å². The summed E-state index contributed by atoms with van der Waals surface area (Å²) in [5.41, 5.74) is 3.75. The second-order valence-corrected chi connectivity index (χ2v) is 9.55. The maximum Gasteiger partial charge on any atom is 0.267 e. The number of hydrogen-bond acceptors (Lipinski definition) is 4. The average molecular weight is 437 g/mol. The number of rotatable bonds is 5. The maximum atomic E-state index is 13.3. The minimum atomic E-state index is -3.73. The zero-order valence-corrected chi connectivity index (χ0v) is 18.2. The molecule has 4 rings (SSSR count). The molecule has 1 amide bonds. The predicted octanol–water partition coefficient (Wildman–Crippen LogP) is 4.04. The number of nitrogens with zero attached hydrogens (tertiary/aromatic N) is 1. The molecule has 1 aliphatic rings. The molecule has 7 heteroatoms. The Hall–Kier alpha value is -3.32. The summed E-state index contributed by atoms with van der Waals surface area (Å²) in [6.45, 7) is 3.76. The molecule has 0 spiro atoms. The van der Waals surface area contributed by atoms with Crippen molar-refractivity contribution in [2.75, 3.05) is 16.2 Å². The molecule has 1 aliphatic heterocycles. The van der Waals surface area contributed by atoms with E-state index in [2.05, 4.69) is 5.32 Å². The van der Waals surface area contributed by atoms with E-state index in [4.69, 9.17) is 4.74 Å². The van der Waals surface area contributed by atoms with Crippen molar-refractivity contribution >= 4 is 27.3 Å². The number of anilines is 2. The minimum absolute atomic E-state index is 0.0944. The summed E-state index contributed by atoms with van der Waals surface area (Å²) >= 11 is 0. The second-order valence-electron chi connectivity index (χ2n) is 7.65. The molecule has 1 heterocycles. The Balaban J connectivity index is 1.62. The average Bonchev–Trinajstić information content (AvgIpc) is 2.76. The van der Waals surface area contributed by atoms with Crippen LogP contribution in [0.1, 0.15) is 16.7 Å². The van der Waals surface area contributed by atoms with Crippen molar-refractivity contribution in [1.29, 1.82) is 0 Å². The summed E-state index contributed by atoms with van der Waals surface area (Å²) in [5, 5.41) is 2.89. The van der Waals surface area contributed by atoms with Crippen molar-refractivity contribution < 1.29 is 17.9 Å². The van der Waals surface area contributed by atoms with Crippen molar-refractivity contribution in [1.82, 2.24) is 0 Å². The first-order valence-corrected chi connectivity index (χ1v) is 11.6. The summed E-state index contributed by atoms with van der Waals surface area (Å²) < 4.78 is 33.7. The van der Waals surface area contributed by atoms with Crippen LogP contribution in [-0.4, -0.2) is 27.0 Å². The van der Waals surface area contributed by atoms with E-state index in [1.165, 1.54) is 4.31 Å². The Morgan fingerprint density at radius 1 is 1.03 bits per heavy atom. The van der Waals surface area contributed by atoms with Gasteiger partial charge in [-0.1, -0.05) is 54.6 Å². The first kappa shape index (κ1) is 20.9. The number of aryl methyl sites for hydroxylation is 2. The molecule has 160 valence electrons. The molecular formula is C24H24N2O4S. The fourth-order valence-electron chi connectivity index (χ4n) is 3.55. The van der Waals surface area contributed by atoms with Crippen LogP contribution in [-0.2, 0) is 20.6 Å². The first-order valence-electron chi connectivity index (χ1n) is 10.0. The Bertz CT molecular complexity index is 1210. The normalized spacial score (nSPS) is 15.7. The van der Waals surface area contributed by atoms with E-state index in [0.29, 0.717) is 22.7 Å². The van der Waals surface area contributed by atoms with Gasteiger partial charge in [-0.2, -0.15) is 0 Å². The van der Waals surface area contributed by atoms with Crippen molar-refractivity contribution in [3.05, 3.63) is 89.5 Å². The Kier molecular flexibility index (Phi) is 5.69. The maximum absolute atomic E-state index is 13.3.